The quantitative estimate of drug-likeness (QED) is 0.852. The molecule has 6 heteroatoms. The summed E-state index contributed by atoms with van der Waals surface area (Å²) in [6, 6.07) is 4.23. The molecule has 0 bridgehead atoms. The minimum atomic E-state index is -0.869. The van der Waals surface area contributed by atoms with Crippen molar-refractivity contribution in [2.75, 3.05) is 4.90 Å². The van der Waals surface area contributed by atoms with Crippen molar-refractivity contribution in [2.24, 2.45) is 11.8 Å². The van der Waals surface area contributed by atoms with Crippen molar-refractivity contribution in [3.05, 3.63) is 28.8 Å². The smallest absolute Gasteiger partial charge is 0.277 e. The maximum Gasteiger partial charge on any atom is 0.335 e. The predicted molar refractivity (Wildman–Crippen MR) is 75.5 cm³/mol. The third-order valence-corrected chi connectivity index (χ3v) is 3.76. The van der Waals surface area contributed by atoms with Crippen LogP contribution < -0.4 is 10.2 Å². The predicted octanol–water partition coefficient (Wildman–Crippen LogP) is 2.50. The zero-order chi connectivity index (χ0) is 15.0. The average Bonchev–Trinajstić information content (AvgIpc) is 2.33. The molecule has 0 aliphatic carbocycles. The van der Waals surface area contributed by atoms with Gasteiger partial charge in [-0.3, -0.25) is 14.9 Å². The van der Waals surface area contributed by atoms with Gasteiger partial charge in [0, 0.05) is 5.02 Å². The van der Waals surface area contributed by atoms with E-state index in [9.17, 15) is 14.4 Å². The van der Waals surface area contributed by atoms with Gasteiger partial charge in [0.2, 0.25) is 11.8 Å². The molecule has 1 saturated heterocycles. The summed E-state index contributed by atoms with van der Waals surface area (Å²) in [5, 5.41) is 2.68. The Labute approximate surface area is 121 Å². The second-order valence-corrected chi connectivity index (χ2v) is 5.48. The second-order valence-electron chi connectivity index (χ2n) is 5.07. The lowest BCUT2D eigenvalue weighted by atomic mass is 9.91. The molecule has 0 aromatic heterocycles. The van der Waals surface area contributed by atoms with Crippen LogP contribution in [0.2, 0.25) is 5.02 Å². The van der Waals surface area contributed by atoms with E-state index in [0.29, 0.717) is 16.3 Å². The van der Waals surface area contributed by atoms with Crippen molar-refractivity contribution in [1.82, 2.24) is 5.32 Å². The highest BCUT2D eigenvalue weighted by atomic mass is 35.5. The van der Waals surface area contributed by atoms with E-state index < -0.39 is 23.8 Å². The number of nitrogens with zero attached hydrogens (tertiary/aromatic N) is 1. The number of rotatable bonds is 2. The number of hydrogen-bond donors (Lipinski definition) is 1. The van der Waals surface area contributed by atoms with E-state index in [2.05, 4.69) is 5.32 Å². The van der Waals surface area contributed by atoms with Crippen LogP contribution in [0.3, 0.4) is 0 Å². The van der Waals surface area contributed by atoms with Gasteiger partial charge in [-0.15, -0.1) is 0 Å². The van der Waals surface area contributed by atoms with Crippen molar-refractivity contribution in [3.63, 3.8) is 0 Å². The Kier molecular flexibility index (Phi) is 3.81. The van der Waals surface area contributed by atoms with E-state index in [-0.39, 0.29) is 5.92 Å². The first-order valence-corrected chi connectivity index (χ1v) is 6.66. The van der Waals surface area contributed by atoms with E-state index in [0.717, 1.165) is 4.90 Å². The second kappa shape index (κ2) is 5.25. The highest BCUT2D eigenvalue weighted by Crippen LogP contribution is 2.30. The van der Waals surface area contributed by atoms with E-state index in [1.54, 1.807) is 39.0 Å². The van der Waals surface area contributed by atoms with Gasteiger partial charge in [0.25, 0.3) is 0 Å². The zero-order valence-electron chi connectivity index (χ0n) is 11.4. The van der Waals surface area contributed by atoms with Gasteiger partial charge in [-0.05, 0) is 30.5 Å². The van der Waals surface area contributed by atoms with Crippen LogP contribution in [0, 0.1) is 18.8 Å². The van der Waals surface area contributed by atoms with E-state index in [4.69, 9.17) is 11.6 Å². The molecule has 1 unspecified atom stereocenters. The van der Waals surface area contributed by atoms with Gasteiger partial charge in [-0.1, -0.05) is 31.5 Å². The molecule has 1 aromatic carbocycles. The van der Waals surface area contributed by atoms with Gasteiger partial charge in [0.1, 0.15) is 5.92 Å². The number of nitrogens with one attached hydrogen (secondary N) is 1. The molecule has 0 radical (unpaired) electrons. The van der Waals surface area contributed by atoms with Crippen LogP contribution in [-0.4, -0.2) is 17.8 Å². The van der Waals surface area contributed by atoms with Crippen molar-refractivity contribution in [2.45, 2.75) is 20.8 Å². The fourth-order valence-electron chi connectivity index (χ4n) is 2.24. The lowest BCUT2D eigenvalue weighted by Gasteiger charge is -2.32. The van der Waals surface area contributed by atoms with Crippen LogP contribution in [0.1, 0.15) is 19.4 Å². The summed E-state index contributed by atoms with van der Waals surface area (Å²) in [6.07, 6.45) is 0. The Hall–Kier alpha value is -1.88. The van der Waals surface area contributed by atoms with Crippen LogP contribution in [0.4, 0.5) is 10.5 Å². The van der Waals surface area contributed by atoms with Gasteiger partial charge < -0.3 is 0 Å². The minimum Gasteiger partial charge on any atom is -0.277 e. The van der Waals surface area contributed by atoms with Gasteiger partial charge >= 0.3 is 6.03 Å². The molecule has 4 amide bonds. The summed E-state index contributed by atoms with van der Waals surface area (Å²) in [5.41, 5.74) is 1.02. The van der Waals surface area contributed by atoms with E-state index in [1.807, 2.05) is 0 Å². The fourth-order valence-corrected chi connectivity index (χ4v) is 2.41. The van der Waals surface area contributed by atoms with Crippen molar-refractivity contribution in [1.29, 1.82) is 0 Å². The molecule has 20 heavy (non-hydrogen) atoms. The monoisotopic (exact) mass is 294 g/mol. The lowest BCUT2D eigenvalue weighted by Crippen LogP contribution is -2.59. The molecule has 1 N–H and O–H groups in total. The summed E-state index contributed by atoms with van der Waals surface area (Å²) < 4.78 is 0. The summed E-state index contributed by atoms with van der Waals surface area (Å²) in [7, 11) is 0. The van der Waals surface area contributed by atoms with Crippen LogP contribution >= 0.6 is 11.6 Å². The Morgan fingerprint density at radius 3 is 2.50 bits per heavy atom. The van der Waals surface area contributed by atoms with Crippen LogP contribution in [-0.2, 0) is 9.59 Å². The molecular formula is C14H15ClN2O3. The SMILES string of the molecule is Cc1c(Cl)cccc1N1C(=O)NC(=O)C(C(C)C)C1=O. The average molecular weight is 295 g/mol. The zero-order valence-corrected chi connectivity index (χ0v) is 12.2. The molecular weight excluding hydrogens is 280 g/mol. The molecule has 1 fully saturated rings. The van der Waals surface area contributed by atoms with Gasteiger partial charge in [-0.2, -0.15) is 0 Å². The maximum absolute atomic E-state index is 12.5. The molecule has 1 aliphatic heterocycles. The Morgan fingerprint density at radius 1 is 1.25 bits per heavy atom. The molecule has 1 aliphatic rings. The van der Waals surface area contributed by atoms with E-state index in [1.165, 1.54) is 0 Å². The summed E-state index contributed by atoms with van der Waals surface area (Å²) >= 11 is 6.02. The number of halogens is 1. The molecule has 1 heterocycles. The summed E-state index contributed by atoms with van der Waals surface area (Å²) in [4.78, 5) is 37.2. The first-order valence-electron chi connectivity index (χ1n) is 6.28. The number of imide groups is 2. The number of carbonyl (C=O) groups is 3. The minimum absolute atomic E-state index is 0.197. The highest BCUT2D eigenvalue weighted by Gasteiger charge is 2.43. The lowest BCUT2D eigenvalue weighted by molar-refractivity contribution is -0.136. The van der Waals surface area contributed by atoms with Crippen molar-refractivity contribution >= 4 is 35.1 Å². The summed E-state index contributed by atoms with van der Waals surface area (Å²) in [5.74, 6) is -2.13. The molecule has 5 nitrogen and oxygen atoms in total. The van der Waals surface area contributed by atoms with E-state index >= 15 is 0 Å². The number of hydrogen-bond acceptors (Lipinski definition) is 3. The number of carbonyl (C=O) groups excluding carboxylic acids is 3. The third kappa shape index (κ3) is 2.29. The Morgan fingerprint density at radius 2 is 1.90 bits per heavy atom. The van der Waals surface area contributed by atoms with Gasteiger partial charge in [0.15, 0.2) is 0 Å². The van der Waals surface area contributed by atoms with Gasteiger partial charge in [-0.25, -0.2) is 9.69 Å². The normalized spacial score (nSPS) is 19.6. The molecule has 0 spiro atoms. The third-order valence-electron chi connectivity index (χ3n) is 3.35. The molecule has 1 aromatic rings. The number of barbiturate groups is 1. The van der Waals surface area contributed by atoms with Gasteiger partial charge in [0.05, 0.1) is 5.69 Å². The highest BCUT2D eigenvalue weighted by molar-refractivity contribution is 6.33. The Bertz CT molecular complexity index is 598. The topological polar surface area (TPSA) is 66.5 Å². The fraction of sp³-hybridized carbons (Fsp3) is 0.357. The number of amides is 4. The maximum atomic E-state index is 12.5. The van der Waals surface area contributed by atoms with Crippen molar-refractivity contribution < 1.29 is 14.4 Å². The summed E-state index contributed by atoms with van der Waals surface area (Å²) in [6.45, 7) is 5.25. The Balaban J connectivity index is 2.49. The molecule has 1 atom stereocenters. The first-order chi connectivity index (χ1) is 9.34. The van der Waals surface area contributed by atoms with Crippen LogP contribution in [0.25, 0.3) is 0 Å². The number of anilines is 1. The number of benzene rings is 1. The van der Waals surface area contributed by atoms with Crippen molar-refractivity contribution in [3.8, 4) is 0 Å². The number of urea groups is 1. The van der Waals surface area contributed by atoms with Crippen LogP contribution in [0.15, 0.2) is 18.2 Å². The molecule has 106 valence electrons. The molecule has 0 saturated carbocycles. The largest absolute Gasteiger partial charge is 0.335 e. The standard InChI is InChI=1S/C14H15ClN2O3/c1-7(2)11-12(18)16-14(20)17(13(11)19)10-6-4-5-9(15)8(10)3/h4-7,11H,1-3H3,(H,16,18,20). The first kappa shape index (κ1) is 14.5. The van der Waals surface area contributed by atoms with Crippen LogP contribution in [0.5, 0.6) is 0 Å². The molecule has 2 rings (SSSR count).